The summed E-state index contributed by atoms with van der Waals surface area (Å²) in [6, 6.07) is 0. The number of sulfone groups is 1. The molecular formula is C6H13NO3S. The molecule has 2 N–H and O–H groups in total. The maximum absolute atomic E-state index is 10.9. The Kier molecular flexibility index (Phi) is 3.51. The number of rotatable bonds is 4. The summed E-state index contributed by atoms with van der Waals surface area (Å²) in [5.74, 6) is -0.567. The van der Waals surface area contributed by atoms with Gasteiger partial charge in [-0.05, 0) is 6.42 Å². The summed E-state index contributed by atoms with van der Waals surface area (Å²) in [6.45, 7) is 1.72. The van der Waals surface area contributed by atoms with E-state index in [4.69, 9.17) is 5.73 Å². The van der Waals surface area contributed by atoms with E-state index in [0.29, 0.717) is 6.42 Å². The van der Waals surface area contributed by atoms with Gasteiger partial charge in [-0.2, -0.15) is 0 Å². The summed E-state index contributed by atoms with van der Waals surface area (Å²) in [5, 5.41) is -0.611. The highest BCUT2D eigenvalue weighted by Gasteiger charge is 2.20. The third kappa shape index (κ3) is 3.98. The van der Waals surface area contributed by atoms with E-state index >= 15 is 0 Å². The van der Waals surface area contributed by atoms with E-state index in [9.17, 15) is 13.2 Å². The first kappa shape index (κ1) is 10.4. The molecule has 0 rings (SSSR count). The zero-order valence-corrected chi connectivity index (χ0v) is 7.52. The Morgan fingerprint density at radius 3 is 2.09 bits per heavy atom. The molecule has 4 nitrogen and oxygen atoms in total. The molecule has 0 aromatic carbocycles. The van der Waals surface area contributed by atoms with Gasteiger partial charge in [-0.3, -0.25) is 4.79 Å². The Balaban J connectivity index is 4.31. The molecule has 1 amide bonds. The van der Waals surface area contributed by atoms with Gasteiger partial charge in [0.25, 0.3) is 0 Å². The number of amides is 1. The smallest absolute Gasteiger partial charge is 0.218 e. The molecule has 0 saturated heterocycles. The van der Waals surface area contributed by atoms with Crippen LogP contribution in [0.15, 0.2) is 0 Å². The molecule has 0 saturated carbocycles. The lowest BCUT2D eigenvalue weighted by Crippen LogP contribution is -2.26. The van der Waals surface area contributed by atoms with Gasteiger partial charge in [-0.15, -0.1) is 0 Å². The van der Waals surface area contributed by atoms with Gasteiger partial charge in [0.1, 0.15) is 0 Å². The Morgan fingerprint density at radius 2 is 2.00 bits per heavy atom. The number of hydrogen-bond acceptors (Lipinski definition) is 3. The minimum atomic E-state index is -3.11. The van der Waals surface area contributed by atoms with Crippen LogP contribution in [0.5, 0.6) is 0 Å². The molecule has 0 radical (unpaired) electrons. The van der Waals surface area contributed by atoms with E-state index in [0.717, 1.165) is 6.26 Å². The molecule has 5 heteroatoms. The SMILES string of the molecule is CCC(CC(N)=O)S(C)(=O)=O. The van der Waals surface area contributed by atoms with Crippen molar-refractivity contribution in [1.82, 2.24) is 0 Å². The average molecular weight is 179 g/mol. The molecule has 66 valence electrons. The zero-order valence-electron chi connectivity index (χ0n) is 6.70. The lowest BCUT2D eigenvalue weighted by molar-refractivity contribution is -0.118. The third-order valence-electron chi connectivity index (χ3n) is 1.49. The topological polar surface area (TPSA) is 77.2 Å². The molecule has 0 aliphatic carbocycles. The summed E-state index contributed by atoms with van der Waals surface area (Å²) < 4.78 is 21.8. The van der Waals surface area contributed by atoms with Crippen LogP contribution in [-0.2, 0) is 14.6 Å². The van der Waals surface area contributed by atoms with E-state index in [1.165, 1.54) is 0 Å². The van der Waals surface area contributed by atoms with Gasteiger partial charge in [-0.1, -0.05) is 6.92 Å². The number of hydrogen-bond donors (Lipinski definition) is 1. The highest BCUT2D eigenvalue weighted by Crippen LogP contribution is 2.07. The first-order valence-corrected chi connectivity index (χ1v) is 5.30. The van der Waals surface area contributed by atoms with Crippen molar-refractivity contribution in [3.8, 4) is 0 Å². The van der Waals surface area contributed by atoms with Gasteiger partial charge < -0.3 is 5.73 Å². The monoisotopic (exact) mass is 179 g/mol. The van der Waals surface area contributed by atoms with E-state index in [-0.39, 0.29) is 6.42 Å². The fourth-order valence-electron chi connectivity index (χ4n) is 0.823. The number of carbonyl (C=O) groups is 1. The van der Waals surface area contributed by atoms with Crippen LogP contribution in [0.4, 0.5) is 0 Å². The summed E-state index contributed by atoms with van der Waals surface area (Å²) in [4.78, 5) is 10.4. The summed E-state index contributed by atoms with van der Waals surface area (Å²) in [6.07, 6.45) is 1.47. The number of nitrogens with two attached hydrogens (primary N) is 1. The lowest BCUT2D eigenvalue weighted by Gasteiger charge is -2.08. The zero-order chi connectivity index (χ0) is 9.07. The van der Waals surface area contributed by atoms with Gasteiger partial charge in [0, 0.05) is 12.7 Å². The molecular weight excluding hydrogens is 166 g/mol. The van der Waals surface area contributed by atoms with Crippen molar-refractivity contribution < 1.29 is 13.2 Å². The van der Waals surface area contributed by atoms with Gasteiger partial charge in [0.05, 0.1) is 5.25 Å². The van der Waals surface area contributed by atoms with Crippen molar-refractivity contribution in [2.75, 3.05) is 6.26 Å². The third-order valence-corrected chi connectivity index (χ3v) is 3.20. The quantitative estimate of drug-likeness (QED) is 0.642. The van der Waals surface area contributed by atoms with Crippen LogP contribution in [-0.4, -0.2) is 25.8 Å². The van der Waals surface area contributed by atoms with Gasteiger partial charge in [-0.25, -0.2) is 8.42 Å². The van der Waals surface area contributed by atoms with Crippen LogP contribution in [0, 0.1) is 0 Å². The molecule has 1 atom stereocenters. The normalized spacial score (nSPS) is 14.4. The van der Waals surface area contributed by atoms with E-state index < -0.39 is 21.0 Å². The molecule has 0 spiro atoms. The minimum absolute atomic E-state index is 0.0741. The van der Waals surface area contributed by atoms with Gasteiger partial charge >= 0.3 is 0 Å². The average Bonchev–Trinajstić information content (AvgIpc) is 1.79. The fraction of sp³-hybridized carbons (Fsp3) is 0.833. The molecule has 1 unspecified atom stereocenters. The second kappa shape index (κ2) is 3.71. The maximum Gasteiger partial charge on any atom is 0.218 e. The van der Waals surface area contributed by atoms with Crippen LogP contribution in [0.2, 0.25) is 0 Å². The molecule has 0 aliphatic heterocycles. The van der Waals surface area contributed by atoms with Crippen LogP contribution < -0.4 is 5.73 Å². The Labute approximate surface area is 66.7 Å². The summed E-state index contributed by atoms with van der Waals surface area (Å²) >= 11 is 0. The van der Waals surface area contributed by atoms with Crippen molar-refractivity contribution in [3.05, 3.63) is 0 Å². The number of primary amides is 1. The van der Waals surface area contributed by atoms with Crippen LogP contribution in [0.1, 0.15) is 19.8 Å². The Morgan fingerprint density at radius 1 is 1.55 bits per heavy atom. The van der Waals surface area contributed by atoms with E-state index in [1.807, 2.05) is 0 Å². The second-order valence-corrected chi connectivity index (χ2v) is 4.86. The molecule has 0 heterocycles. The molecule has 0 aromatic rings. The van der Waals surface area contributed by atoms with Crippen molar-refractivity contribution in [2.24, 2.45) is 5.73 Å². The van der Waals surface area contributed by atoms with Crippen LogP contribution in [0.25, 0.3) is 0 Å². The molecule has 0 bridgehead atoms. The van der Waals surface area contributed by atoms with E-state index in [2.05, 4.69) is 0 Å². The standard InChI is InChI=1S/C6H13NO3S/c1-3-5(4-6(7)8)11(2,9)10/h5H,3-4H2,1-2H3,(H2,7,8). The van der Waals surface area contributed by atoms with Crippen molar-refractivity contribution >= 4 is 15.7 Å². The second-order valence-electron chi connectivity index (χ2n) is 2.53. The Hall–Kier alpha value is -0.580. The largest absolute Gasteiger partial charge is 0.370 e. The van der Waals surface area contributed by atoms with Crippen molar-refractivity contribution in [2.45, 2.75) is 25.0 Å². The lowest BCUT2D eigenvalue weighted by atomic mass is 10.2. The minimum Gasteiger partial charge on any atom is -0.370 e. The van der Waals surface area contributed by atoms with Crippen molar-refractivity contribution in [1.29, 1.82) is 0 Å². The predicted molar refractivity (Wildman–Crippen MR) is 42.7 cm³/mol. The maximum atomic E-state index is 10.9. The first-order chi connectivity index (χ1) is 4.88. The van der Waals surface area contributed by atoms with E-state index in [1.54, 1.807) is 6.92 Å². The summed E-state index contributed by atoms with van der Waals surface area (Å²) in [5.41, 5.74) is 4.86. The molecule has 0 fully saturated rings. The first-order valence-electron chi connectivity index (χ1n) is 3.35. The predicted octanol–water partition coefficient (Wildman–Crippen LogP) is -0.315. The van der Waals surface area contributed by atoms with Gasteiger partial charge in [0.15, 0.2) is 9.84 Å². The summed E-state index contributed by atoms with van der Waals surface area (Å²) in [7, 11) is -3.11. The highest BCUT2D eigenvalue weighted by molar-refractivity contribution is 7.91. The number of carbonyl (C=O) groups excluding carboxylic acids is 1. The van der Waals surface area contributed by atoms with Crippen molar-refractivity contribution in [3.63, 3.8) is 0 Å². The Bertz CT molecular complexity index is 232. The fourth-order valence-corrected chi connectivity index (χ4v) is 1.90. The van der Waals surface area contributed by atoms with Crippen LogP contribution >= 0.6 is 0 Å². The highest BCUT2D eigenvalue weighted by atomic mass is 32.2. The molecule has 11 heavy (non-hydrogen) atoms. The van der Waals surface area contributed by atoms with Crippen LogP contribution in [0.3, 0.4) is 0 Å². The molecule has 0 aliphatic rings. The molecule has 0 aromatic heterocycles. The van der Waals surface area contributed by atoms with Gasteiger partial charge in [0.2, 0.25) is 5.91 Å².